The van der Waals surface area contributed by atoms with Gasteiger partial charge in [0, 0.05) is 30.2 Å². The SMILES string of the molecule is Cc1cc(C)n(C(C)C(=O)Nc2ccc(S(=O)(=O)N3CCCC3)cc2)c(=O)n1. The van der Waals surface area contributed by atoms with Crippen LogP contribution in [0.5, 0.6) is 0 Å². The van der Waals surface area contributed by atoms with Gasteiger partial charge in [0.2, 0.25) is 15.9 Å². The van der Waals surface area contributed by atoms with Crippen molar-refractivity contribution < 1.29 is 13.2 Å². The van der Waals surface area contributed by atoms with Gasteiger partial charge in [0.15, 0.2) is 0 Å². The number of hydrogen-bond acceptors (Lipinski definition) is 5. The number of carbonyl (C=O) groups is 1. The number of hydrogen-bond donors (Lipinski definition) is 1. The van der Waals surface area contributed by atoms with E-state index in [0.29, 0.717) is 30.2 Å². The topological polar surface area (TPSA) is 101 Å². The number of carbonyl (C=O) groups excluding carboxylic acids is 1. The van der Waals surface area contributed by atoms with Gasteiger partial charge in [-0.25, -0.2) is 13.2 Å². The van der Waals surface area contributed by atoms with Crippen molar-refractivity contribution in [1.82, 2.24) is 13.9 Å². The summed E-state index contributed by atoms with van der Waals surface area (Å²) >= 11 is 0. The van der Waals surface area contributed by atoms with Gasteiger partial charge in [0.1, 0.15) is 6.04 Å². The Labute approximate surface area is 164 Å². The van der Waals surface area contributed by atoms with E-state index in [1.807, 2.05) is 0 Å². The fraction of sp³-hybridized carbons (Fsp3) is 0.421. The van der Waals surface area contributed by atoms with Crippen LogP contribution < -0.4 is 11.0 Å². The summed E-state index contributed by atoms with van der Waals surface area (Å²) in [4.78, 5) is 28.8. The molecule has 0 radical (unpaired) electrons. The second-order valence-corrected chi connectivity index (χ2v) is 8.93. The molecular weight excluding hydrogens is 380 g/mol. The highest BCUT2D eigenvalue weighted by Crippen LogP contribution is 2.22. The summed E-state index contributed by atoms with van der Waals surface area (Å²) in [6.45, 7) is 6.17. The van der Waals surface area contributed by atoms with E-state index < -0.39 is 21.8 Å². The monoisotopic (exact) mass is 404 g/mol. The third-order valence-corrected chi connectivity index (χ3v) is 6.78. The Morgan fingerprint density at radius 1 is 1.14 bits per heavy atom. The highest BCUT2D eigenvalue weighted by atomic mass is 32.2. The number of sulfonamides is 1. The maximum atomic E-state index is 12.6. The third-order valence-electron chi connectivity index (χ3n) is 4.87. The predicted molar refractivity (Wildman–Crippen MR) is 106 cm³/mol. The van der Waals surface area contributed by atoms with E-state index in [-0.39, 0.29) is 10.8 Å². The molecule has 0 saturated carbocycles. The van der Waals surface area contributed by atoms with Crippen LogP contribution in [0.3, 0.4) is 0 Å². The minimum atomic E-state index is -3.49. The lowest BCUT2D eigenvalue weighted by atomic mass is 10.2. The molecule has 9 heteroatoms. The lowest BCUT2D eigenvalue weighted by molar-refractivity contribution is -0.118. The fourth-order valence-corrected chi connectivity index (χ4v) is 4.90. The summed E-state index contributed by atoms with van der Waals surface area (Å²) in [5, 5.41) is 2.72. The molecule has 150 valence electrons. The summed E-state index contributed by atoms with van der Waals surface area (Å²) in [6, 6.07) is 7.06. The molecule has 0 aliphatic carbocycles. The van der Waals surface area contributed by atoms with Crippen LogP contribution in [-0.4, -0.2) is 41.3 Å². The Bertz CT molecular complexity index is 1040. The van der Waals surface area contributed by atoms with E-state index in [1.165, 1.54) is 21.0 Å². The first-order valence-corrected chi connectivity index (χ1v) is 10.6. The fourth-order valence-electron chi connectivity index (χ4n) is 3.38. The largest absolute Gasteiger partial charge is 0.348 e. The first-order chi connectivity index (χ1) is 13.2. The Morgan fingerprint density at radius 3 is 2.32 bits per heavy atom. The van der Waals surface area contributed by atoms with Crippen molar-refractivity contribution in [1.29, 1.82) is 0 Å². The summed E-state index contributed by atoms with van der Waals surface area (Å²) in [5.41, 5.74) is 1.23. The first-order valence-electron chi connectivity index (χ1n) is 9.18. The minimum absolute atomic E-state index is 0.204. The quantitative estimate of drug-likeness (QED) is 0.819. The number of rotatable bonds is 5. The Hall–Kier alpha value is -2.52. The van der Waals surface area contributed by atoms with Crippen LogP contribution >= 0.6 is 0 Å². The van der Waals surface area contributed by atoms with Crippen LogP contribution in [0.4, 0.5) is 5.69 Å². The van der Waals surface area contributed by atoms with Gasteiger partial charge >= 0.3 is 5.69 Å². The van der Waals surface area contributed by atoms with Crippen molar-refractivity contribution in [2.24, 2.45) is 0 Å². The van der Waals surface area contributed by atoms with Crippen LogP contribution in [0.25, 0.3) is 0 Å². The van der Waals surface area contributed by atoms with E-state index in [4.69, 9.17) is 0 Å². The number of benzene rings is 1. The number of amides is 1. The zero-order chi connectivity index (χ0) is 20.5. The molecule has 1 aliphatic rings. The Morgan fingerprint density at radius 2 is 1.75 bits per heavy atom. The van der Waals surface area contributed by atoms with E-state index in [1.54, 1.807) is 39.0 Å². The van der Waals surface area contributed by atoms with Crippen molar-refractivity contribution >= 4 is 21.6 Å². The van der Waals surface area contributed by atoms with Crippen molar-refractivity contribution in [2.45, 2.75) is 44.6 Å². The molecule has 1 aromatic heterocycles. The zero-order valence-electron chi connectivity index (χ0n) is 16.2. The van der Waals surface area contributed by atoms with E-state index in [0.717, 1.165) is 12.8 Å². The van der Waals surface area contributed by atoms with Gasteiger partial charge in [-0.15, -0.1) is 0 Å². The molecule has 1 atom stereocenters. The summed E-state index contributed by atoms with van der Waals surface area (Å²) in [7, 11) is -3.49. The molecule has 2 heterocycles. The van der Waals surface area contributed by atoms with Gasteiger partial charge in [0.05, 0.1) is 4.90 Å². The molecule has 1 amide bonds. The molecule has 1 fully saturated rings. The molecule has 3 rings (SSSR count). The maximum absolute atomic E-state index is 12.6. The van der Waals surface area contributed by atoms with Crippen LogP contribution in [0.2, 0.25) is 0 Å². The van der Waals surface area contributed by atoms with Crippen molar-refractivity contribution in [3.05, 3.63) is 52.2 Å². The van der Waals surface area contributed by atoms with Crippen molar-refractivity contribution in [3.8, 4) is 0 Å². The highest BCUT2D eigenvalue weighted by Gasteiger charge is 2.27. The van der Waals surface area contributed by atoms with Gasteiger partial charge in [-0.1, -0.05) is 0 Å². The molecule has 1 aliphatic heterocycles. The van der Waals surface area contributed by atoms with Crippen LogP contribution in [0, 0.1) is 13.8 Å². The Kier molecular flexibility index (Phi) is 5.66. The van der Waals surface area contributed by atoms with Gasteiger partial charge in [-0.2, -0.15) is 9.29 Å². The van der Waals surface area contributed by atoms with Gasteiger partial charge in [-0.05, 0) is 63.9 Å². The number of nitrogens with zero attached hydrogens (tertiary/aromatic N) is 3. The molecule has 0 spiro atoms. The Balaban J connectivity index is 1.75. The molecule has 1 N–H and O–H groups in total. The zero-order valence-corrected chi connectivity index (χ0v) is 17.0. The molecule has 2 aromatic rings. The first kappa shape index (κ1) is 20.2. The highest BCUT2D eigenvalue weighted by molar-refractivity contribution is 7.89. The average molecular weight is 404 g/mol. The standard InChI is InChI=1S/C19H24N4O4S/c1-13-12-14(2)23(19(25)20-13)15(3)18(24)21-16-6-8-17(9-7-16)28(26,27)22-10-4-5-11-22/h6-9,12,15H,4-5,10-11H2,1-3H3,(H,21,24). The molecule has 0 bridgehead atoms. The second kappa shape index (κ2) is 7.84. The van der Waals surface area contributed by atoms with Crippen LogP contribution in [-0.2, 0) is 14.8 Å². The smallest absolute Gasteiger partial charge is 0.324 e. The molecule has 28 heavy (non-hydrogen) atoms. The van der Waals surface area contributed by atoms with Gasteiger partial charge in [0.25, 0.3) is 0 Å². The lowest BCUT2D eigenvalue weighted by Crippen LogP contribution is -2.34. The van der Waals surface area contributed by atoms with E-state index >= 15 is 0 Å². The van der Waals surface area contributed by atoms with Crippen LogP contribution in [0.1, 0.15) is 37.2 Å². The lowest BCUT2D eigenvalue weighted by Gasteiger charge is -2.18. The molecule has 8 nitrogen and oxygen atoms in total. The van der Waals surface area contributed by atoms with E-state index in [2.05, 4.69) is 10.3 Å². The number of aromatic nitrogens is 2. The summed E-state index contributed by atoms with van der Waals surface area (Å²) < 4.78 is 27.9. The predicted octanol–water partition coefficient (Wildman–Crippen LogP) is 1.84. The van der Waals surface area contributed by atoms with Gasteiger partial charge < -0.3 is 5.32 Å². The van der Waals surface area contributed by atoms with Crippen molar-refractivity contribution in [2.75, 3.05) is 18.4 Å². The number of anilines is 1. The summed E-state index contributed by atoms with van der Waals surface area (Å²) in [5.74, 6) is -0.383. The normalized spacial score (nSPS) is 16.1. The minimum Gasteiger partial charge on any atom is -0.324 e. The van der Waals surface area contributed by atoms with E-state index in [9.17, 15) is 18.0 Å². The van der Waals surface area contributed by atoms with Crippen LogP contribution in [0.15, 0.2) is 40.0 Å². The van der Waals surface area contributed by atoms with Gasteiger partial charge in [-0.3, -0.25) is 9.36 Å². The number of aryl methyl sites for hydroxylation is 2. The average Bonchev–Trinajstić information content (AvgIpc) is 3.16. The maximum Gasteiger partial charge on any atom is 0.348 e. The molecule has 1 unspecified atom stereocenters. The molecule has 1 aromatic carbocycles. The number of nitrogens with one attached hydrogen (secondary N) is 1. The second-order valence-electron chi connectivity index (χ2n) is 6.99. The van der Waals surface area contributed by atoms with Crippen molar-refractivity contribution in [3.63, 3.8) is 0 Å². The summed E-state index contributed by atoms with van der Waals surface area (Å²) in [6.07, 6.45) is 1.75. The molecule has 1 saturated heterocycles. The molecular formula is C19H24N4O4S. The third kappa shape index (κ3) is 4.00.